The topological polar surface area (TPSA) is 42.7 Å². The summed E-state index contributed by atoms with van der Waals surface area (Å²) in [5.74, 6) is 2.03. The van der Waals surface area contributed by atoms with E-state index in [-0.39, 0.29) is 0 Å². The summed E-state index contributed by atoms with van der Waals surface area (Å²) in [7, 11) is 0. The van der Waals surface area contributed by atoms with Crippen molar-refractivity contribution in [2.75, 3.05) is 0 Å². The van der Waals surface area contributed by atoms with Crippen molar-refractivity contribution in [1.82, 2.24) is 20.1 Å². The normalized spacial score (nSPS) is 18.9. The zero-order chi connectivity index (χ0) is 12.5. The largest absolute Gasteiger partial charge is 0.307 e. The lowest BCUT2D eigenvalue weighted by molar-refractivity contribution is 0.358. The van der Waals surface area contributed by atoms with Crippen LogP contribution in [0.4, 0.5) is 0 Å². The quantitative estimate of drug-likeness (QED) is 0.920. The minimum Gasteiger partial charge on any atom is -0.307 e. The molecule has 2 aromatic heterocycles. The van der Waals surface area contributed by atoms with Gasteiger partial charge < -0.3 is 5.32 Å². The van der Waals surface area contributed by atoms with Crippen molar-refractivity contribution in [2.24, 2.45) is 0 Å². The van der Waals surface area contributed by atoms with Crippen LogP contribution in [0.1, 0.15) is 27.8 Å². The second-order valence-corrected chi connectivity index (χ2v) is 6.26. The number of hydrogen-bond donors (Lipinski definition) is 1. The van der Waals surface area contributed by atoms with E-state index in [2.05, 4.69) is 39.1 Å². The molecule has 0 aromatic carbocycles. The van der Waals surface area contributed by atoms with Gasteiger partial charge in [-0.1, -0.05) is 0 Å². The van der Waals surface area contributed by atoms with Crippen LogP contribution in [0.15, 0.2) is 12.1 Å². The molecule has 5 heteroatoms. The summed E-state index contributed by atoms with van der Waals surface area (Å²) in [6.45, 7) is 6.02. The smallest absolute Gasteiger partial charge is 0.147 e. The monoisotopic (exact) mass is 262 g/mol. The summed E-state index contributed by atoms with van der Waals surface area (Å²) in [5, 5.41) is 8.05. The first-order valence-electron chi connectivity index (χ1n) is 6.40. The van der Waals surface area contributed by atoms with Crippen LogP contribution in [0.2, 0.25) is 0 Å². The number of nitrogens with one attached hydrogen (secondary N) is 1. The van der Waals surface area contributed by atoms with Gasteiger partial charge in [0.1, 0.15) is 11.6 Å². The van der Waals surface area contributed by atoms with Crippen LogP contribution < -0.4 is 5.32 Å². The molecular weight excluding hydrogens is 244 g/mol. The van der Waals surface area contributed by atoms with Crippen LogP contribution in [0.3, 0.4) is 0 Å². The number of hydrogen-bond acceptors (Lipinski definition) is 4. The van der Waals surface area contributed by atoms with Gasteiger partial charge in [0, 0.05) is 28.8 Å². The first-order valence-corrected chi connectivity index (χ1v) is 7.21. The molecule has 1 aliphatic rings. The van der Waals surface area contributed by atoms with Gasteiger partial charge in [-0.2, -0.15) is 5.10 Å². The van der Waals surface area contributed by atoms with E-state index >= 15 is 0 Å². The standard InChI is InChI=1S/C13H18N4S/c1-9-3-5-12(18-9)7-14-11-4-6-13-15-10(2)16-17(13)8-11/h3,5,11,14H,4,6-8H2,1-2H3. The Morgan fingerprint density at radius 1 is 1.44 bits per heavy atom. The third kappa shape index (κ3) is 2.47. The third-order valence-electron chi connectivity index (χ3n) is 3.32. The van der Waals surface area contributed by atoms with E-state index in [9.17, 15) is 0 Å². The highest BCUT2D eigenvalue weighted by atomic mass is 32.1. The highest BCUT2D eigenvalue weighted by Gasteiger charge is 2.20. The third-order valence-corrected chi connectivity index (χ3v) is 4.33. The summed E-state index contributed by atoms with van der Waals surface area (Å²) in [6.07, 6.45) is 2.18. The number of fused-ring (bicyclic) bond motifs is 1. The fourth-order valence-electron chi connectivity index (χ4n) is 2.43. The van der Waals surface area contributed by atoms with Crippen LogP contribution in [0.5, 0.6) is 0 Å². The second-order valence-electron chi connectivity index (χ2n) is 4.89. The zero-order valence-corrected chi connectivity index (χ0v) is 11.6. The van der Waals surface area contributed by atoms with E-state index in [0.29, 0.717) is 6.04 Å². The lowest BCUT2D eigenvalue weighted by Crippen LogP contribution is -2.37. The van der Waals surface area contributed by atoms with Crippen molar-refractivity contribution in [3.05, 3.63) is 33.5 Å². The van der Waals surface area contributed by atoms with Gasteiger partial charge in [0.15, 0.2) is 0 Å². The van der Waals surface area contributed by atoms with Gasteiger partial charge in [-0.15, -0.1) is 11.3 Å². The Kier molecular flexibility index (Phi) is 3.18. The summed E-state index contributed by atoms with van der Waals surface area (Å²) in [5.41, 5.74) is 0. The predicted octanol–water partition coefficient (Wildman–Crippen LogP) is 2.06. The minimum atomic E-state index is 0.515. The molecule has 0 bridgehead atoms. The highest BCUT2D eigenvalue weighted by Crippen LogP contribution is 2.17. The molecule has 1 aliphatic heterocycles. The van der Waals surface area contributed by atoms with E-state index in [1.54, 1.807) is 0 Å². The van der Waals surface area contributed by atoms with Crippen LogP contribution in [0.25, 0.3) is 0 Å². The maximum absolute atomic E-state index is 4.43. The van der Waals surface area contributed by atoms with Crippen LogP contribution >= 0.6 is 11.3 Å². The Labute approximate surface area is 111 Å². The molecule has 0 amide bonds. The first kappa shape index (κ1) is 11.9. The molecule has 1 unspecified atom stereocenters. The molecule has 1 N–H and O–H groups in total. The molecule has 0 saturated carbocycles. The molecule has 4 nitrogen and oxygen atoms in total. The summed E-state index contributed by atoms with van der Waals surface area (Å²) >= 11 is 1.87. The lowest BCUT2D eigenvalue weighted by Gasteiger charge is -2.23. The van der Waals surface area contributed by atoms with Gasteiger partial charge in [-0.3, -0.25) is 0 Å². The molecule has 0 spiro atoms. The molecule has 1 atom stereocenters. The lowest BCUT2D eigenvalue weighted by atomic mass is 10.1. The van der Waals surface area contributed by atoms with E-state index < -0.39 is 0 Å². The van der Waals surface area contributed by atoms with Crippen molar-refractivity contribution in [3.63, 3.8) is 0 Å². The van der Waals surface area contributed by atoms with Gasteiger partial charge in [-0.25, -0.2) is 9.67 Å². The molecule has 3 heterocycles. The van der Waals surface area contributed by atoms with E-state index in [0.717, 1.165) is 37.6 Å². The number of aromatic nitrogens is 3. The maximum Gasteiger partial charge on any atom is 0.147 e. The summed E-state index contributed by atoms with van der Waals surface area (Å²) in [6, 6.07) is 4.91. The Morgan fingerprint density at radius 3 is 3.11 bits per heavy atom. The van der Waals surface area contributed by atoms with Crippen LogP contribution in [-0.4, -0.2) is 20.8 Å². The molecule has 18 heavy (non-hydrogen) atoms. The molecule has 0 fully saturated rings. The first-order chi connectivity index (χ1) is 8.70. The average Bonchev–Trinajstić information content (AvgIpc) is 2.90. The second kappa shape index (κ2) is 4.82. The van der Waals surface area contributed by atoms with Gasteiger partial charge in [0.05, 0.1) is 6.54 Å². The molecule has 3 rings (SSSR count). The fourth-order valence-corrected chi connectivity index (χ4v) is 3.27. The molecule has 0 radical (unpaired) electrons. The van der Waals surface area contributed by atoms with Crippen molar-refractivity contribution < 1.29 is 0 Å². The zero-order valence-electron chi connectivity index (χ0n) is 10.8. The average molecular weight is 262 g/mol. The predicted molar refractivity (Wildman–Crippen MR) is 72.8 cm³/mol. The molecular formula is C13H18N4S. The Hall–Kier alpha value is -1.20. The SMILES string of the molecule is Cc1nc2n(n1)CC(NCc1ccc(C)s1)CC2. The van der Waals surface area contributed by atoms with E-state index in [1.165, 1.54) is 9.75 Å². The fraction of sp³-hybridized carbons (Fsp3) is 0.538. The van der Waals surface area contributed by atoms with Crippen molar-refractivity contribution in [3.8, 4) is 0 Å². The van der Waals surface area contributed by atoms with Crippen molar-refractivity contribution in [2.45, 2.75) is 45.8 Å². The van der Waals surface area contributed by atoms with Gasteiger partial charge in [0.25, 0.3) is 0 Å². The number of thiophene rings is 1. The van der Waals surface area contributed by atoms with E-state index in [1.807, 2.05) is 18.3 Å². The highest BCUT2D eigenvalue weighted by molar-refractivity contribution is 7.11. The van der Waals surface area contributed by atoms with Crippen molar-refractivity contribution in [1.29, 1.82) is 0 Å². The maximum atomic E-state index is 4.43. The van der Waals surface area contributed by atoms with Gasteiger partial charge >= 0.3 is 0 Å². The van der Waals surface area contributed by atoms with Gasteiger partial charge in [0.2, 0.25) is 0 Å². The molecule has 2 aromatic rings. The Bertz CT molecular complexity index is 543. The Morgan fingerprint density at radius 2 is 2.33 bits per heavy atom. The minimum absolute atomic E-state index is 0.515. The van der Waals surface area contributed by atoms with Gasteiger partial charge in [-0.05, 0) is 32.4 Å². The summed E-state index contributed by atoms with van der Waals surface area (Å²) in [4.78, 5) is 7.22. The molecule has 0 saturated heterocycles. The van der Waals surface area contributed by atoms with Crippen molar-refractivity contribution >= 4 is 11.3 Å². The summed E-state index contributed by atoms with van der Waals surface area (Å²) < 4.78 is 2.05. The number of aryl methyl sites for hydroxylation is 3. The molecule has 0 aliphatic carbocycles. The van der Waals surface area contributed by atoms with Crippen LogP contribution in [-0.2, 0) is 19.5 Å². The number of rotatable bonds is 3. The molecule has 96 valence electrons. The Balaban J connectivity index is 1.59. The number of nitrogens with zero attached hydrogens (tertiary/aromatic N) is 3. The van der Waals surface area contributed by atoms with E-state index in [4.69, 9.17) is 0 Å². The van der Waals surface area contributed by atoms with Crippen LogP contribution in [0, 0.1) is 13.8 Å².